The minimum atomic E-state index is 0.266. The maximum absolute atomic E-state index is 4.37. The van der Waals surface area contributed by atoms with Crippen LogP contribution >= 0.6 is 0 Å². The molecule has 0 saturated heterocycles. The minimum absolute atomic E-state index is 0.266. The smallest absolute Gasteiger partial charge is 0.191 e. The fourth-order valence-electron chi connectivity index (χ4n) is 3.19. The van der Waals surface area contributed by atoms with E-state index in [1.807, 2.05) is 26.2 Å². The standard InChI is InChI=1S/C24H28N4/c1-19-13-14-20(17-27-19)15-16-26-24(25-2)28-18-23(21-9-5-3-6-10-21)22-11-7-4-8-12-22/h3-14,17,23H,15-16,18H2,1-2H3,(H2,25,26,28). The normalized spacial score (nSPS) is 11.5. The van der Waals surface area contributed by atoms with E-state index in [1.165, 1.54) is 16.7 Å². The van der Waals surface area contributed by atoms with Crippen molar-refractivity contribution in [2.75, 3.05) is 20.1 Å². The van der Waals surface area contributed by atoms with Crippen LogP contribution in [0.1, 0.15) is 28.3 Å². The Kier molecular flexibility index (Phi) is 7.19. The Morgan fingerprint density at radius 2 is 1.54 bits per heavy atom. The molecule has 0 aliphatic rings. The second-order valence-corrected chi connectivity index (χ2v) is 6.81. The first kappa shape index (κ1) is 19.6. The van der Waals surface area contributed by atoms with Crippen molar-refractivity contribution in [3.05, 3.63) is 101 Å². The van der Waals surface area contributed by atoms with E-state index < -0.39 is 0 Å². The maximum atomic E-state index is 4.37. The summed E-state index contributed by atoms with van der Waals surface area (Å²) in [6.45, 7) is 3.59. The first-order valence-electron chi connectivity index (χ1n) is 9.72. The summed E-state index contributed by atoms with van der Waals surface area (Å²) in [6, 6.07) is 25.4. The molecule has 0 aliphatic carbocycles. The molecule has 144 valence electrons. The molecule has 4 heteroatoms. The Labute approximate surface area is 167 Å². The molecule has 3 rings (SSSR count). The van der Waals surface area contributed by atoms with Gasteiger partial charge in [0, 0.05) is 37.9 Å². The number of aromatic nitrogens is 1. The lowest BCUT2D eigenvalue weighted by molar-refractivity contribution is 0.725. The van der Waals surface area contributed by atoms with Gasteiger partial charge in [-0.15, -0.1) is 0 Å². The van der Waals surface area contributed by atoms with Gasteiger partial charge < -0.3 is 10.6 Å². The predicted octanol–water partition coefficient (Wildman–Crippen LogP) is 3.93. The van der Waals surface area contributed by atoms with Crippen molar-refractivity contribution in [1.82, 2.24) is 15.6 Å². The molecule has 1 heterocycles. The number of nitrogens with zero attached hydrogens (tertiary/aromatic N) is 2. The van der Waals surface area contributed by atoms with E-state index >= 15 is 0 Å². The number of hydrogen-bond donors (Lipinski definition) is 2. The van der Waals surface area contributed by atoms with Gasteiger partial charge in [0.25, 0.3) is 0 Å². The van der Waals surface area contributed by atoms with Gasteiger partial charge in [0.2, 0.25) is 0 Å². The number of nitrogens with one attached hydrogen (secondary N) is 2. The molecule has 0 saturated carbocycles. The Balaban J connectivity index is 1.59. The summed E-state index contributed by atoms with van der Waals surface area (Å²) in [6.07, 6.45) is 2.85. The predicted molar refractivity (Wildman–Crippen MR) is 117 cm³/mol. The van der Waals surface area contributed by atoms with Crippen molar-refractivity contribution in [2.45, 2.75) is 19.3 Å². The summed E-state index contributed by atoms with van der Waals surface area (Å²) in [5.74, 6) is 1.08. The van der Waals surface area contributed by atoms with Gasteiger partial charge in [0.1, 0.15) is 0 Å². The van der Waals surface area contributed by atoms with E-state index in [9.17, 15) is 0 Å². The van der Waals surface area contributed by atoms with Gasteiger partial charge in [0.05, 0.1) is 0 Å². The third kappa shape index (κ3) is 5.68. The molecule has 3 aromatic rings. The van der Waals surface area contributed by atoms with Gasteiger partial charge in [-0.3, -0.25) is 9.98 Å². The quantitative estimate of drug-likeness (QED) is 0.488. The fourth-order valence-corrected chi connectivity index (χ4v) is 3.19. The molecule has 0 fully saturated rings. The molecule has 0 spiro atoms. The molecule has 2 aromatic carbocycles. The van der Waals surface area contributed by atoms with Crippen LogP contribution in [-0.4, -0.2) is 31.1 Å². The highest BCUT2D eigenvalue weighted by Gasteiger charge is 2.14. The van der Waals surface area contributed by atoms with Gasteiger partial charge in [-0.05, 0) is 36.1 Å². The average Bonchev–Trinajstić information content (AvgIpc) is 2.75. The SMILES string of the molecule is CN=C(NCCc1ccc(C)nc1)NCC(c1ccccc1)c1ccccc1. The number of hydrogen-bond acceptors (Lipinski definition) is 2. The van der Waals surface area contributed by atoms with Gasteiger partial charge >= 0.3 is 0 Å². The van der Waals surface area contributed by atoms with E-state index in [1.54, 1.807) is 0 Å². The molecule has 0 radical (unpaired) electrons. The van der Waals surface area contributed by atoms with Crippen LogP contribution in [0.2, 0.25) is 0 Å². The third-order valence-corrected chi connectivity index (χ3v) is 4.78. The maximum Gasteiger partial charge on any atom is 0.191 e. The van der Waals surface area contributed by atoms with E-state index in [0.717, 1.165) is 31.2 Å². The molecule has 28 heavy (non-hydrogen) atoms. The summed E-state index contributed by atoms with van der Waals surface area (Å²) < 4.78 is 0. The highest BCUT2D eigenvalue weighted by molar-refractivity contribution is 5.79. The molecule has 4 nitrogen and oxygen atoms in total. The van der Waals surface area contributed by atoms with Crippen molar-refractivity contribution in [2.24, 2.45) is 4.99 Å². The van der Waals surface area contributed by atoms with E-state index in [0.29, 0.717) is 0 Å². The van der Waals surface area contributed by atoms with Gasteiger partial charge in [-0.25, -0.2) is 0 Å². The lowest BCUT2D eigenvalue weighted by Crippen LogP contribution is -2.40. The molecule has 0 bridgehead atoms. The highest BCUT2D eigenvalue weighted by Crippen LogP contribution is 2.23. The number of guanidine groups is 1. The van der Waals surface area contributed by atoms with Crippen molar-refractivity contribution in [3.8, 4) is 0 Å². The summed E-state index contributed by atoms with van der Waals surface area (Å²) in [4.78, 5) is 8.72. The number of benzene rings is 2. The molecule has 0 unspecified atom stereocenters. The molecule has 1 aromatic heterocycles. The summed E-state index contributed by atoms with van der Waals surface area (Å²) in [7, 11) is 1.81. The molecule has 0 aliphatic heterocycles. The highest BCUT2D eigenvalue weighted by atomic mass is 15.2. The summed E-state index contributed by atoms with van der Waals surface area (Å²) >= 11 is 0. The second kappa shape index (κ2) is 10.3. The van der Waals surface area contributed by atoms with Gasteiger partial charge in [-0.2, -0.15) is 0 Å². The van der Waals surface area contributed by atoms with Crippen molar-refractivity contribution < 1.29 is 0 Å². The Morgan fingerprint density at radius 1 is 0.893 bits per heavy atom. The zero-order valence-corrected chi connectivity index (χ0v) is 16.6. The fraction of sp³-hybridized carbons (Fsp3) is 0.250. The zero-order chi connectivity index (χ0) is 19.6. The van der Waals surface area contributed by atoms with Gasteiger partial charge in [0.15, 0.2) is 5.96 Å². The van der Waals surface area contributed by atoms with Crippen LogP contribution in [0.3, 0.4) is 0 Å². The van der Waals surface area contributed by atoms with Crippen LogP contribution in [0.5, 0.6) is 0 Å². The second-order valence-electron chi connectivity index (χ2n) is 6.81. The summed E-state index contributed by atoms with van der Waals surface area (Å²) in [5, 5.41) is 6.89. The van der Waals surface area contributed by atoms with Crippen LogP contribution in [0.25, 0.3) is 0 Å². The van der Waals surface area contributed by atoms with Crippen LogP contribution in [0.15, 0.2) is 84.0 Å². The van der Waals surface area contributed by atoms with E-state index in [2.05, 4.69) is 87.3 Å². The van der Waals surface area contributed by atoms with Gasteiger partial charge in [-0.1, -0.05) is 66.7 Å². The monoisotopic (exact) mass is 372 g/mol. The molecular formula is C24H28N4. The average molecular weight is 373 g/mol. The molecule has 0 atom stereocenters. The minimum Gasteiger partial charge on any atom is -0.356 e. The van der Waals surface area contributed by atoms with Crippen LogP contribution in [-0.2, 0) is 6.42 Å². The third-order valence-electron chi connectivity index (χ3n) is 4.78. The number of pyridine rings is 1. The Morgan fingerprint density at radius 3 is 2.07 bits per heavy atom. The topological polar surface area (TPSA) is 49.3 Å². The molecule has 2 N–H and O–H groups in total. The lowest BCUT2D eigenvalue weighted by Gasteiger charge is -2.20. The van der Waals surface area contributed by atoms with Crippen molar-refractivity contribution in [1.29, 1.82) is 0 Å². The Hall–Kier alpha value is -3.14. The molecular weight excluding hydrogens is 344 g/mol. The van der Waals surface area contributed by atoms with Crippen molar-refractivity contribution in [3.63, 3.8) is 0 Å². The number of rotatable bonds is 7. The first-order chi connectivity index (χ1) is 13.8. The first-order valence-corrected chi connectivity index (χ1v) is 9.72. The van der Waals surface area contributed by atoms with Crippen molar-refractivity contribution >= 4 is 5.96 Å². The zero-order valence-electron chi connectivity index (χ0n) is 16.6. The van der Waals surface area contributed by atoms with Crippen LogP contribution in [0, 0.1) is 6.92 Å². The largest absolute Gasteiger partial charge is 0.356 e. The van der Waals surface area contributed by atoms with E-state index in [4.69, 9.17) is 0 Å². The molecule has 0 amide bonds. The lowest BCUT2D eigenvalue weighted by atomic mass is 9.91. The Bertz CT molecular complexity index is 819. The number of aryl methyl sites for hydroxylation is 1. The van der Waals surface area contributed by atoms with Crippen LogP contribution in [0.4, 0.5) is 0 Å². The van der Waals surface area contributed by atoms with E-state index in [-0.39, 0.29) is 5.92 Å². The number of aliphatic imine (C=N–C) groups is 1. The summed E-state index contributed by atoms with van der Waals surface area (Å²) in [5.41, 5.74) is 4.85. The van der Waals surface area contributed by atoms with Crippen LogP contribution < -0.4 is 10.6 Å².